The molecule has 3 heterocycles. The molecule has 33 heavy (non-hydrogen) atoms. The molecule has 1 aromatic carbocycles. The van der Waals surface area contributed by atoms with Crippen LogP contribution in [0, 0.1) is 19.3 Å². The molecular weight excluding hydrogens is 436 g/mol. The standard InChI is InChI=1S/C13H21N5S.C10H11N3O/c1-8-6-12(9(2)17(8)3)19-18-5-4-11(14)10(7-18)13(15)16;1-13-10-8(5-11-7-14)3-2-4-9(10)6-12-13/h6H,4-5,7,14H2,1-3H3,(H3,15,16);2-4,6-7H,5H2,1H3,(H,11,14). The SMILES string of the molecule is Cc1cc(SN2CCC(N)=C(C(=N)N)C2)c(C)n1C.Cn1ncc2cccc(CNC=O)c21. The first-order chi connectivity index (χ1) is 15.7. The van der Waals surface area contributed by atoms with E-state index in [2.05, 4.69) is 46.2 Å². The van der Waals surface area contributed by atoms with Crippen molar-refractivity contribution in [3.05, 3.63) is 58.7 Å². The van der Waals surface area contributed by atoms with Crippen LogP contribution in [0.5, 0.6) is 0 Å². The number of aromatic nitrogens is 3. The smallest absolute Gasteiger partial charge is 0.207 e. The van der Waals surface area contributed by atoms with Crippen molar-refractivity contribution in [1.82, 2.24) is 24.0 Å². The number of rotatable bonds is 6. The van der Waals surface area contributed by atoms with E-state index in [0.717, 1.165) is 40.7 Å². The third kappa shape index (κ3) is 5.58. The Balaban J connectivity index is 0.000000194. The minimum absolute atomic E-state index is 0.0868. The number of hydrogen-bond donors (Lipinski definition) is 4. The van der Waals surface area contributed by atoms with Gasteiger partial charge in [0, 0.05) is 73.1 Å². The zero-order valence-corrected chi connectivity index (χ0v) is 20.4. The van der Waals surface area contributed by atoms with Crippen LogP contribution in [0.4, 0.5) is 0 Å². The number of carbonyl (C=O) groups excluding carboxylic acids is 1. The van der Waals surface area contributed by atoms with Gasteiger partial charge in [0.05, 0.1) is 11.7 Å². The van der Waals surface area contributed by atoms with Crippen LogP contribution >= 0.6 is 11.9 Å². The van der Waals surface area contributed by atoms with Gasteiger partial charge in [-0.25, -0.2) is 4.31 Å². The molecule has 0 saturated carbocycles. The minimum atomic E-state index is 0.0868. The fourth-order valence-corrected chi connectivity index (χ4v) is 4.90. The molecule has 0 radical (unpaired) electrons. The van der Waals surface area contributed by atoms with Crippen molar-refractivity contribution in [2.75, 3.05) is 13.1 Å². The van der Waals surface area contributed by atoms with E-state index in [0.29, 0.717) is 19.5 Å². The van der Waals surface area contributed by atoms with Gasteiger partial charge >= 0.3 is 0 Å². The number of hydrogen-bond acceptors (Lipinski definition) is 6. The lowest BCUT2D eigenvalue weighted by Gasteiger charge is -2.27. The summed E-state index contributed by atoms with van der Waals surface area (Å²) in [5.41, 5.74) is 17.7. The van der Waals surface area contributed by atoms with Crippen LogP contribution in [0.3, 0.4) is 0 Å². The van der Waals surface area contributed by atoms with Crippen LogP contribution in [0.1, 0.15) is 23.4 Å². The molecule has 0 atom stereocenters. The molecule has 0 saturated heterocycles. The Morgan fingerprint density at radius 1 is 1.33 bits per heavy atom. The van der Waals surface area contributed by atoms with E-state index in [-0.39, 0.29) is 5.84 Å². The van der Waals surface area contributed by atoms with E-state index < -0.39 is 0 Å². The molecule has 0 spiro atoms. The van der Waals surface area contributed by atoms with Gasteiger partial charge < -0.3 is 21.4 Å². The highest BCUT2D eigenvalue weighted by Crippen LogP contribution is 2.31. The second kappa shape index (κ2) is 10.6. The van der Waals surface area contributed by atoms with Crippen molar-refractivity contribution < 1.29 is 4.79 Å². The average Bonchev–Trinajstić information content (AvgIpc) is 3.29. The molecule has 1 aliphatic heterocycles. The van der Waals surface area contributed by atoms with Crippen LogP contribution in [0.15, 0.2) is 46.6 Å². The lowest BCUT2D eigenvalue weighted by molar-refractivity contribution is -0.109. The second-order valence-corrected chi connectivity index (χ2v) is 9.18. The number of carbonyl (C=O) groups is 1. The summed E-state index contributed by atoms with van der Waals surface area (Å²) in [7, 11) is 3.97. The molecule has 1 amide bonds. The number of benzene rings is 1. The molecule has 9 nitrogen and oxygen atoms in total. The summed E-state index contributed by atoms with van der Waals surface area (Å²) in [6.45, 7) is 6.29. The maximum absolute atomic E-state index is 10.2. The Morgan fingerprint density at radius 3 is 2.73 bits per heavy atom. The molecule has 0 unspecified atom stereocenters. The number of aryl methyl sites for hydroxylation is 2. The number of fused-ring (bicyclic) bond motifs is 1. The van der Waals surface area contributed by atoms with Crippen molar-refractivity contribution in [3.8, 4) is 0 Å². The Hall–Kier alpha value is -3.24. The maximum atomic E-state index is 10.2. The fraction of sp³-hybridized carbons (Fsp3) is 0.348. The summed E-state index contributed by atoms with van der Waals surface area (Å²) < 4.78 is 6.22. The third-order valence-corrected chi connectivity index (χ3v) is 7.03. The van der Waals surface area contributed by atoms with E-state index >= 15 is 0 Å². The molecule has 176 valence electrons. The van der Waals surface area contributed by atoms with Gasteiger partial charge in [0.1, 0.15) is 5.84 Å². The normalized spacial score (nSPS) is 14.2. The van der Waals surface area contributed by atoms with E-state index in [4.69, 9.17) is 16.9 Å². The van der Waals surface area contributed by atoms with Gasteiger partial charge in [0.2, 0.25) is 6.41 Å². The third-order valence-electron chi connectivity index (χ3n) is 5.85. The second-order valence-electron chi connectivity index (χ2n) is 8.04. The summed E-state index contributed by atoms with van der Waals surface area (Å²) in [5, 5.41) is 15.5. The molecular formula is C23H32N8OS. The highest BCUT2D eigenvalue weighted by atomic mass is 32.2. The fourth-order valence-electron chi connectivity index (χ4n) is 3.75. The van der Waals surface area contributed by atoms with Gasteiger partial charge in [-0.15, -0.1) is 0 Å². The van der Waals surface area contributed by atoms with E-state index in [9.17, 15) is 4.79 Å². The highest BCUT2D eigenvalue weighted by Gasteiger charge is 2.21. The van der Waals surface area contributed by atoms with Gasteiger partial charge in [-0.2, -0.15) is 5.10 Å². The molecule has 2 aromatic heterocycles. The monoisotopic (exact) mass is 468 g/mol. The zero-order valence-electron chi connectivity index (χ0n) is 19.6. The average molecular weight is 469 g/mol. The molecule has 0 bridgehead atoms. The summed E-state index contributed by atoms with van der Waals surface area (Å²) in [6, 6.07) is 8.15. The maximum Gasteiger partial charge on any atom is 0.207 e. The first kappa shape index (κ1) is 24.4. The van der Waals surface area contributed by atoms with Crippen molar-refractivity contribution >= 4 is 35.1 Å². The van der Waals surface area contributed by atoms with Gasteiger partial charge in [0.15, 0.2) is 0 Å². The summed E-state index contributed by atoms with van der Waals surface area (Å²) in [5.74, 6) is 0.0868. The summed E-state index contributed by atoms with van der Waals surface area (Å²) in [6.07, 6.45) is 3.29. The van der Waals surface area contributed by atoms with Crippen LogP contribution < -0.4 is 16.8 Å². The Labute approximate surface area is 198 Å². The van der Waals surface area contributed by atoms with Gasteiger partial charge in [-0.05, 0) is 37.4 Å². The molecule has 3 aromatic rings. The topological polar surface area (TPSA) is 131 Å². The first-order valence-electron chi connectivity index (χ1n) is 10.7. The van der Waals surface area contributed by atoms with Gasteiger partial charge in [0.25, 0.3) is 0 Å². The number of amides is 1. The largest absolute Gasteiger partial charge is 0.402 e. The number of nitrogens with two attached hydrogens (primary N) is 2. The number of amidine groups is 1. The predicted octanol–water partition coefficient (Wildman–Crippen LogP) is 2.32. The van der Waals surface area contributed by atoms with E-state index in [1.54, 1.807) is 11.9 Å². The molecule has 10 heteroatoms. The summed E-state index contributed by atoms with van der Waals surface area (Å²) >= 11 is 1.72. The van der Waals surface area contributed by atoms with Gasteiger partial charge in [-0.3, -0.25) is 14.9 Å². The number of nitrogens with zero attached hydrogens (tertiary/aromatic N) is 4. The number of nitrogens with one attached hydrogen (secondary N) is 2. The highest BCUT2D eigenvalue weighted by molar-refractivity contribution is 7.97. The lowest BCUT2D eigenvalue weighted by Crippen LogP contribution is -2.33. The Bertz CT molecular complexity index is 1190. The molecule has 6 N–H and O–H groups in total. The van der Waals surface area contributed by atoms with Crippen LogP contribution in [0.2, 0.25) is 0 Å². The predicted molar refractivity (Wildman–Crippen MR) is 134 cm³/mol. The van der Waals surface area contributed by atoms with Gasteiger partial charge in [-0.1, -0.05) is 18.2 Å². The molecule has 4 rings (SSSR count). The minimum Gasteiger partial charge on any atom is -0.402 e. The number of para-hydroxylation sites is 1. The molecule has 1 aliphatic rings. The summed E-state index contributed by atoms with van der Waals surface area (Å²) in [4.78, 5) is 11.5. The van der Waals surface area contributed by atoms with Crippen LogP contribution in [-0.2, 0) is 25.4 Å². The first-order valence-corrected chi connectivity index (χ1v) is 11.4. The van der Waals surface area contributed by atoms with E-state index in [1.165, 1.54) is 16.3 Å². The zero-order chi connectivity index (χ0) is 24.1. The van der Waals surface area contributed by atoms with Crippen LogP contribution in [-0.4, -0.2) is 44.0 Å². The van der Waals surface area contributed by atoms with Crippen molar-refractivity contribution in [3.63, 3.8) is 0 Å². The van der Waals surface area contributed by atoms with Crippen molar-refractivity contribution in [2.24, 2.45) is 25.6 Å². The van der Waals surface area contributed by atoms with Crippen molar-refractivity contribution in [1.29, 1.82) is 5.41 Å². The van der Waals surface area contributed by atoms with Crippen LogP contribution in [0.25, 0.3) is 10.9 Å². The quantitative estimate of drug-likeness (QED) is 0.190. The Morgan fingerprint density at radius 2 is 2.09 bits per heavy atom. The van der Waals surface area contributed by atoms with E-state index in [1.807, 2.05) is 36.1 Å². The lowest BCUT2D eigenvalue weighted by atomic mass is 10.1. The molecule has 0 fully saturated rings. The molecule has 0 aliphatic carbocycles. The Kier molecular flexibility index (Phi) is 7.83. The van der Waals surface area contributed by atoms with Crippen molar-refractivity contribution in [2.45, 2.75) is 31.7 Å².